The number of rotatable bonds is 5. The maximum Gasteiger partial charge on any atom is 0.224 e. The number of amides is 2. The van der Waals surface area contributed by atoms with E-state index in [0.29, 0.717) is 19.4 Å². The summed E-state index contributed by atoms with van der Waals surface area (Å²) >= 11 is 0. The van der Waals surface area contributed by atoms with E-state index in [1.165, 1.54) is 0 Å². The number of hydrogen-bond donors (Lipinski definition) is 3. The molecule has 0 radical (unpaired) electrons. The van der Waals surface area contributed by atoms with Crippen molar-refractivity contribution in [2.45, 2.75) is 38.1 Å². The highest BCUT2D eigenvalue weighted by molar-refractivity contribution is 5.79. The Hall–Kier alpha value is -1.10. The van der Waals surface area contributed by atoms with Crippen LogP contribution in [0.5, 0.6) is 0 Å². The highest BCUT2D eigenvalue weighted by Crippen LogP contribution is 2.23. The fourth-order valence-electron chi connectivity index (χ4n) is 1.92. The Morgan fingerprint density at radius 3 is 2.60 bits per heavy atom. The normalized spacial score (nSPS) is 25.1. The largest absolute Gasteiger partial charge is 0.370 e. The van der Waals surface area contributed by atoms with Crippen LogP contribution in [0.2, 0.25) is 0 Å². The van der Waals surface area contributed by atoms with Gasteiger partial charge in [0.2, 0.25) is 11.8 Å². The molecule has 2 unspecified atom stereocenters. The average Bonchev–Trinajstić information content (AvgIpc) is 2.58. The molecule has 86 valence electrons. The first-order valence-electron chi connectivity index (χ1n) is 5.43. The molecule has 0 saturated heterocycles. The average molecular weight is 213 g/mol. The molecule has 1 rings (SSSR count). The lowest BCUT2D eigenvalue weighted by Crippen LogP contribution is -2.39. The second-order valence-electron chi connectivity index (χ2n) is 4.06. The summed E-state index contributed by atoms with van der Waals surface area (Å²) in [6.07, 6.45) is 3.75. The molecule has 0 aromatic carbocycles. The van der Waals surface area contributed by atoms with Gasteiger partial charge in [-0.25, -0.2) is 0 Å². The molecule has 15 heavy (non-hydrogen) atoms. The third-order valence-electron chi connectivity index (χ3n) is 2.81. The highest BCUT2D eigenvalue weighted by atomic mass is 16.2. The first-order valence-corrected chi connectivity index (χ1v) is 5.43. The molecule has 1 saturated carbocycles. The molecular formula is C10H19N3O2. The fraction of sp³-hybridized carbons (Fsp3) is 0.800. The minimum atomic E-state index is -0.332. The van der Waals surface area contributed by atoms with Crippen LogP contribution in [0.15, 0.2) is 0 Å². The first-order chi connectivity index (χ1) is 7.11. The molecule has 5 heteroatoms. The second-order valence-corrected chi connectivity index (χ2v) is 4.06. The summed E-state index contributed by atoms with van der Waals surface area (Å²) in [6.45, 7) is 0.505. The molecule has 0 spiro atoms. The highest BCUT2D eigenvalue weighted by Gasteiger charge is 2.29. The molecule has 2 atom stereocenters. The molecule has 1 fully saturated rings. The third kappa shape index (κ3) is 3.87. The van der Waals surface area contributed by atoms with Crippen LogP contribution in [-0.2, 0) is 9.59 Å². The lowest BCUT2D eigenvalue weighted by Gasteiger charge is -2.14. The van der Waals surface area contributed by atoms with Crippen LogP contribution in [0.3, 0.4) is 0 Å². The van der Waals surface area contributed by atoms with Crippen LogP contribution >= 0.6 is 0 Å². The quantitative estimate of drug-likeness (QED) is 0.537. The van der Waals surface area contributed by atoms with Crippen molar-refractivity contribution in [2.75, 3.05) is 6.54 Å². The van der Waals surface area contributed by atoms with E-state index in [9.17, 15) is 9.59 Å². The smallest absolute Gasteiger partial charge is 0.224 e. The van der Waals surface area contributed by atoms with E-state index in [0.717, 1.165) is 19.3 Å². The molecule has 1 aliphatic rings. The summed E-state index contributed by atoms with van der Waals surface area (Å²) in [5.74, 6) is -0.357. The summed E-state index contributed by atoms with van der Waals surface area (Å²) < 4.78 is 0. The molecule has 0 aliphatic heterocycles. The van der Waals surface area contributed by atoms with E-state index in [-0.39, 0.29) is 23.8 Å². The zero-order chi connectivity index (χ0) is 11.3. The van der Waals surface area contributed by atoms with Crippen molar-refractivity contribution in [1.82, 2.24) is 5.32 Å². The molecule has 0 aromatic heterocycles. The van der Waals surface area contributed by atoms with Gasteiger partial charge in [0, 0.05) is 19.0 Å². The van der Waals surface area contributed by atoms with E-state index in [4.69, 9.17) is 11.5 Å². The summed E-state index contributed by atoms with van der Waals surface area (Å²) in [5, 5.41) is 2.78. The van der Waals surface area contributed by atoms with Crippen molar-refractivity contribution in [3.63, 3.8) is 0 Å². The zero-order valence-electron chi connectivity index (χ0n) is 8.87. The van der Waals surface area contributed by atoms with E-state index >= 15 is 0 Å². The van der Waals surface area contributed by atoms with Crippen LogP contribution in [0.4, 0.5) is 0 Å². The number of carbonyl (C=O) groups excluding carboxylic acids is 2. The number of primary amides is 1. The SMILES string of the molecule is NC(=O)CCCNC(=O)C1CCCC1N. The summed E-state index contributed by atoms with van der Waals surface area (Å²) in [7, 11) is 0. The van der Waals surface area contributed by atoms with E-state index < -0.39 is 0 Å². The number of nitrogens with two attached hydrogens (primary N) is 2. The van der Waals surface area contributed by atoms with Gasteiger partial charge in [0.1, 0.15) is 0 Å². The Bertz CT molecular complexity index is 243. The van der Waals surface area contributed by atoms with Crippen molar-refractivity contribution in [3.8, 4) is 0 Å². The topological polar surface area (TPSA) is 98.2 Å². The molecule has 1 aliphatic carbocycles. The summed E-state index contributed by atoms with van der Waals surface area (Å²) in [4.78, 5) is 22.0. The second kappa shape index (κ2) is 5.70. The third-order valence-corrected chi connectivity index (χ3v) is 2.81. The molecule has 0 bridgehead atoms. The monoisotopic (exact) mass is 213 g/mol. The minimum absolute atomic E-state index is 0.00106. The Kier molecular flexibility index (Phi) is 4.55. The lowest BCUT2D eigenvalue weighted by atomic mass is 10.0. The van der Waals surface area contributed by atoms with E-state index in [1.54, 1.807) is 0 Å². The van der Waals surface area contributed by atoms with Gasteiger partial charge < -0.3 is 16.8 Å². The van der Waals surface area contributed by atoms with Crippen molar-refractivity contribution >= 4 is 11.8 Å². The summed E-state index contributed by atoms with van der Waals surface area (Å²) in [6, 6.07) is 0.00106. The van der Waals surface area contributed by atoms with Crippen molar-refractivity contribution < 1.29 is 9.59 Å². The maximum atomic E-state index is 11.6. The van der Waals surface area contributed by atoms with Gasteiger partial charge in [-0.2, -0.15) is 0 Å². The van der Waals surface area contributed by atoms with E-state index in [1.807, 2.05) is 0 Å². The Labute approximate surface area is 89.6 Å². The van der Waals surface area contributed by atoms with Crippen molar-refractivity contribution in [3.05, 3.63) is 0 Å². The maximum absolute atomic E-state index is 11.6. The predicted octanol–water partition coefficient (Wildman–Crippen LogP) is -0.504. The van der Waals surface area contributed by atoms with Crippen LogP contribution in [0.1, 0.15) is 32.1 Å². The van der Waals surface area contributed by atoms with Gasteiger partial charge in [-0.05, 0) is 19.3 Å². The van der Waals surface area contributed by atoms with Gasteiger partial charge >= 0.3 is 0 Å². The minimum Gasteiger partial charge on any atom is -0.370 e. The van der Waals surface area contributed by atoms with Crippen LogP contribution in [0.25, 0.3) is 0 Å². The standard InChI is InChI=1S/C10H19N3O2/c11-8-4-1-3-7(8)10(15)13-6-2-5-9(12)14/h7-8H,1-6,11H2,(H2,12,14)(H,13,15). The van der Waals surface area contributed by atoms with Gasteiger partial charge in [0.05, 0.1) is 5.92 Å². The predicted molar refractivity (Wildman–Crippen MR) is 56.8 cm³/mol. The van der Waals surface area contributed by atoms with Crippen LogP contribution in [-0.4, -0.2) is 24.4 Å². The fourth-order valence-corrected chi connectivity index (χ4v) is 1.92. The van der Waals surface area contributed by atoms with Crippen molar-refractivity contribution in [2.24, 2.45) is 17.4 Å². The molecule has 2 amide bonds. The lowest BCUT2D eigenvalue weighted by molar-refractivity contribution is -0.125. The van der Waals surface area contributed by atoms with Crippen molar-refractivity contribution in [1.29, 1.82) is 0 Å². The molecule has 5 nitrogen and oxygen atoms in total. The Morgan fingerprint density at radius 1 is 1.33 bits per heavy atom. The zero-order valence-corrected chi connectivity index (χ0v) is 8.87. The van der Waals surface area contributed by atoms with E-state index in [2.05, 4.69) is 5.32 Å². The van der Waals surface area contributed by atoms with Gasteiger partial charge in [-0.1, -0.05) is 6.42 Å². The number of hydrogen-bond acceptors (Lipinski definition) is 3. The van der Waals surface area contributed by atoms with Crippen LogP contribution < -0.4 is 16.8 Å². The number of carbonyl (C=O) groups is 2. The van der Waals surface area contributed by atoms with Gasteiger partial charge in [0.25, 0.3) is 0 Å². The van der Waals surface area contributed by atoms with Gasteiger partial charge in [0.15, 0.2) is 0 Å². The van der Waals surface area contributed by atoms with Gasteiger partial charge in [-0.15, -0.1) is 0 Å². The molecule has 0 heterocycles. The first kappa shape index (κ1) is 12.0. The number of nitrogens with one attached hydrogen (secondary N) is 1. The Morgan fingerprint density at radius 2 is 2.07 bits per heavy atom. The molecule has 5 N–H and O–H groups in total. The van der Waals surface area contributed by atoms with Crippen LogP contribution in [0, 0.1) is 5.92 Å². The Balaban J connectivity index is 2.15. The summed E-state index contributed by atoms with van der Waals surface area (Å²) in [5.41, 5.74) is 10.8. The van der Waals surface area contributed by atoms with Gasteiger partial charge in [-0.3, -0.25) is 9.59 Å². The molecular weight excluding hydrogens is 194 g/mol. The molecule has 0 aromatic rings.